The predicted molar refractivity (Wildman–Crippen MR) is 87.2 cm³/mol. The Morgan fingerprint density at radius 3 is 2.70 bits per heavy atom. The quantitative estimate of drug-likeness (QED) is 0.849. The first-order valence-corrected chi connectivity index (χ1v) is 7.80. The lowest BCUT2D eigenvalue weighted by molar-refractivity contribution is -0.138. The van der Waals surface area contributed by atoms with Gasteiger partial charge >= 0.3 is 0 Å². The Labute approximate surface area is 139 Å². The van der Waals surface area contributed by atoms with Crippen LogP contribution in [-0.2, 0) is 11.2 Å². The normalized spacial score (nSPS) is 17.3. The summed E-state index contributed by atoms with van der Waals surface area (Å²) < 4.78 is 18.8. The zero-order valence-electron chi connectivity index (χ0n) is 12.9. The minimum absolute atomic E-state index is 0.103. The van der Waals surface area contributed by atoms with Crippen LogP contribution in [0, 0.1) is 5.82 Å². The van der Waals surface area contributed by atoms with Gasteiger partial charge in [0, 0.05) is 18.5 Å². The third-order valence-corrected chi connectivity index (χ3v) is 4.49. The summed E-state index contributed by atoms with van der Waals surface area (Å²) >= 11 is 5.97. The molecule has 0 fully saturated rings. The largest absolute Gasteiger partial charge is 0.480 e. The van der Waals surface area contributed by atoms with Gasteiger partial charge in [-0.3, -0.25) is 4.79 Å². The van der Waals surface area contributed by atoms with Crippen molar-refractivity contribution >= 4 is 17.5 Å². The van der Waals surface area contributed by atoms with E-state index in [9.17, 15) is 9.18 Å². The van der Waals surface area contributed by atoms with Gasteiger partial charge in [-0.05, 0) is 48.4 Å². The third-order valence-electron chi connectivity index (χ3n) is 4.25. The van der Waals surface area contributed by atoms with Gasteiger partial charge in [0.15, 0.2) is 6.10 Å². The van der Waals surface area contributed by atoms with Gasteiger partial charge in [-0.25, -0.2) is 4.39 Å². The van der Waals surface area contributed by atoms with Crippen LogP contribution in [0.5, 0.6) is 5.75 Å². The van der Waals surface area contributed by atoms with E-state index in [1.807, 2.05) is 13.0 Å². The zero-order valence-corrected chi connectivity index (χ0v) is 13.7. The van der Waals surface area contributed by atoms with E-state index in [4.69, 9.17) is 16.3 Å². The van der Waals surface area contributed by atoms with Crippen LogP contribution in [0.4, 0.5) is 4.39 Å². The number of carbonyl (C=O) groups excluding carboxylic acids is 1. The molecule has 2 aromatic rings. The molecule has 3 nitrogen and oxygen atoms in total. The average Bonchev–Trinajstić information content (AvgIpc) is 2.96. The van der Waals surface area contributed by atoms with Crippen molar-refractivity contribution in [2.24, 2.45) is 0 Å². The summed E-state index contributed by atoms with van der Waals surface area (Å²) in [4.78, 5) is 14.3. The molecule has 0 saturated carbocycles. The van der Waals surface area contributed by atoms with E-state index >= 15 is 0 Å². The third kappa shape index (κ3) is 3.17. The second-order valence-electron chi connectivity index (χ2n) is 5.74. The van der Waals surface area contributed by atoms with E-state index in [1.165, 1.54) is 12.1 Å². The van der Waals surface area contributed by atoms with Gasteiger partial charge in [0.05, 0.1) is 6.04 Å². The van der Waals surface area contributed by atoms with Crippen LogP contribution in [0.1, 0.15) is 24.1 Å². The van der Waals surface area contributed by atoms with E-state index in [1.54, 1.807) is 36.2 Å². The Kier molecular flexibility index (Phi) is 4.26. The molecule has 0 radical (unpaired) electrons. The van der Waals surface area contributed by atoms with Crippen molar-refractivity contribution in [1.82, 2.24) is 4.90 Å². The van der Waals surface area contributed by atoms with Crippen LogP contribution in [0.25, 0.3) is 0 Å². The van der Waals surface area contributed by atoms with Crippen molar-refractivity contribution in [2.75, 3.05) is 7.05 Å². The van der Waals surface area contributed by atoms with Crippen molar-refractivity contribution in [3.8, 4) is 5.75 Å². The number of rotatable bonds is 3. The summed E-state index contributed by atoms with van der Waals surface area (Å²) in [7, 11) is 1.73. The SMILES string of the molecule is CC(c1ccc(F)cc1)N(C)C(=O)C1Cc2cc(Cl)ccc2O1. The van der Waals surface area contributed by atoms with Crippen molar-refractivity contribution in [1.29, 1.82) is 0 Å². The van der Waals surface area contributed by atoms with Gasteiger partial charge in [-0.15, -0.1) is 0 Å². The number of amides is 1. The minimum atomic E-state index is -0.545. The summed E-state index contributed by atoms with van der Waals surface area (Å²) in [5.74, 6) is 0.311. The number of carbonyl (C=O) groups is 1. The molecule has 3 rings (SSSR count). The molecule has 2 aromatic carbocycles. The van der Waals surface area contributed by atoms with Gasteiger partial charge in [0.1, 0.15) is 11.6 Å². The molecular formula is C18H17ClFNO2. The van der Waals surface area contributed by atoms with Gasteiger partial charge in [-0.1, -0.05) is 23.7 Å². The van der Waals surface area contributed by atoms with Crippen molar-refractivity contribution in [3.05, 3.63) is 64.4 Å². The van der Waals surface area contributed by atoms with Gasteiger partial charge < -0.3 is 9.64 Å². The highest BCUT2D eigenvalue weighted by Gasteiger charge is 2.33. The Hall–Kier alpha value is -2.07. The van der Waals surface area contributed by atoms with Crippen LogP contribution in [-0.4, -0.2) is 24.0 Å². The number of benzene rings is 2. The summed E-state index contributed by atoms with van der Waals surface area (Å²) in [5.41, 5.74) is 1.82. The predicted octanol–water partition coefficient (Wildman–Crippen LogP) is 4.00. The molecule has 0 aliphatic carbocycles. The summed E-state index contributed by atoms with van der Waals surface area (Å²) in [5, 5.41) is 0.633. The molecule has 0 aromatic heterocycles. The smallest absolute Gasteiger partial charge is 0.264 e. The van der Waals surface area contributed by atoms with Gasteiger partial charge in [0.2, 0.25) is 0 Å². The van der Waals surface area contributed by atoms with Crippen LogP contribution in [0.3, 0.4) is 0 Å². The maximum absolute atomic E-state index is 13.0. The summed E-state index contributed by atoms with van der Waals surface area (Å²) in [6, 6.07) is 11.4. The molecule has 1 aliphatic heterocycles. The lowest BCUT2D eigenvalue weighted by atomic mass is 10.1. The van der Waals surface area contributed by atoms with Crippen molar-refractivity contribution in [3.63, 3.8) is 0 Å². The fourth-order valence-corrected chi connectivity index (χ4v) is 2.93. The van der Waals surface area contributed by atoms with E-state index in [2.05, 4.69) is 0 Å². The first-order chi connectivity index (χ1) is 11.0. The number of halogens is 2. The van der Waals surface area contributed by atoms with E-state index in [0.717, 1.165) is 11.1 Å². The Balaban J connectivity index is 1.72. The monoisotopic (exact) mass is 333 g/mol. The Bertz CT molecular complexity index is 732. The number of fused-ring (bicyclic) bond motifs is 1. The fraction of sp³-hybridized carbons (Fsp3) is 0.278. The molecule has 23 heavy (non-hydrogen) atoms. The maximum atomic E-state index is 13.0. The zero-order chi connectivity index (χ0) is 16.6. The number of nitrogens with zero attached hydrogens (tertiary/aromatic N) is 1. The van der Waals surface area contributed by atoms with Crippen LogP contribution >= 0.6 is 11.6 Å². The Morgan fingerprint density at radius 1 is 1.30 bits per heavy atom. The molecule has 0 saturated heterocycles. The molecule has 1 aliphatic rings. The fourth-order valence-electron chi connectivity index (χ4n) is 2.74. The molecule has 2 atom stereocenters. The molecular weight excluding hydrogens is 317 g/mol. The highest BCUT2D eigenvalue weighted by Crippen LogP contribution is 2.32. The van der Waals surface area contributed by atoms with Gasteiger partial charge in [0.25, 0.3) is 5.91 Å². The lowest BCUT2D eigenvalue weighted by Gasteiger charge is -2.27. The number of likely N-dealkylation sites (N-methyl/N-ethyl adjacent to an activating group) is 1. The molecule has 5 heteroatoms. The maximum Gasteiger partial charge on any atom is 0.264 e. The van der Waals surface area contributed by atoms with Crippen LogP contribution < -0.4 is 4.74 Å². The van der Waals surface area contributed by atoms with Crippen molar-refractivity contribution in [2.45, 2.75) is 25.5 Å². The first kappa shape index (κ1) is 15.8. The molecule has 0 spiro atoms. The average molecular weight is 334 g/mol. The molecule has 2 unspecified atom stereocenters. The van der Waals surface area contributed by atoms with E-state index < -0.39 is 6.10 Å². The van der Waals surface area contributed by atoms with E-state index in [0.29, 0.717) is 17.2 Å². The second-order valence-corrected chi connectivity index (χ2v) is 6.18. The molecule has 1 heterocycles. The van der Waals surface area contributed by atoms with E-state index in [-0.39, 0.29) is 17.8 Å². The topological polar surface area (TPSA) is 29.5 Å². The highest BCUT2D eigenvalue weighted by atomic mass is 35.5. The lowest BCUT2D eigenvalue weighted by Crippen LogP contribution is -2.40. The van der Waals surface area contributed by atoms with Crippen LogP contribution in [0.2, 0.25) is 5.02 Å². The highest BCUT2D eigenvalue weighted by molar-refractivity contribution is 6.30. The standard InChI is InChI=1S/C18H17ClFNO2/c1-11(12-3-6-15(20)7-4-12)21(2)18(22)17-10-13-9-14(19)5-8-16(13)23-17/h3-9,11,17H,10H2,1-2H3. The van der Waals surface area contributed by atoms with Crippen LogP contribution in [0.15, 0.2) is 42.5 Å². The molecule has 0 bridgehead atoms. The van der Waals surface area contributed by atoms with Gasteiger partial charge in [-0.2, -0.15) is 0 Å². The number of hydrogen-bond acceptors (Lipinski definition) is 2. The molecule has 120 valence electrons. The summed E-state index contributed by atoms with van der Waals surface area (Å²) in [6.45, 7) is 1.91. The molecule has 0 N–H and O–H groups in total. The minimum Gasteiger partial charge on any atom is -0.480 e. The second kappa shape index (κ2) is 6.20. The number of hydrogen-bond donors (Lipinski definition) is 0. The van der Waals surface area contributed by atoms with Crippen molar-refractivity contribution < 1.29 is 13.9 Å². The Morgan fingerprint density at radius 2 is 2.00 bits per heavy atom. The molecule has 1 amide bonds. The first-order valence-electron chi connectivity index (χ1n) is 7.43. The number of ether oxygens (including phenoxy) is 1. The summed E-state index contributed by atoms with van der Waals surface area (Å²) in [6.07, 6.45) is -0.0359.